The van der Waals surface area contributed by atoms with Gasteiger partial charge >= 0.3 is 0 Å². The van der Waals surface area contributed by atoms with E-state index in [9.17, 15) is 13.2 Å². The van der Waals surface area contributed by atoms with Crippen molar-refractivity contribution in [3.63, 3.8) is 0 Å². The Balaban J connectivity index is 1.93. The fourth-order valence-electron chi connectivity index (χ4n) is 2.89. The van der Waals surface area contributed by atoms with Gasteiger partial charge in [0, 0.05) is 31.0 Å². The minimum atomic E-state index is -3.68. The molecule has 0 radical (unpaired) electrons. The summed E-state index contributed by atoms with van der Waals surface area (Å²) < 4.78 is 27.8. The van der Waals surface area contributed by atoms with Crippen LogP contribution >= 0.6 is 0 Å². The van der Waals surface area contributed by atoms with Gasteiger partial charge in [-0.1, -0.05) is 0 Å². The largest absolute Gasteiger partial charge is 0.312 e. The standard InChI is InChI=1S/C17H19N3O3S/c1-12-10-15(7-8-18-12)19-24(22,23)16-5-6-17-14(11-16)4-3-9-20(17)13(2)21/h5-8,10-11H,3-4,9H2,1-2H3,(H,18,19). The summed E-state index contributed by atoms with van der Waals surface area (Å²) in [5.74, 6) is -0.0306. The number of amides is 1. The van der Waals surface area contributed by atoms with Gasteiger partial charge in [0.15, 0.2) is 0 Å². The molecule has 24 heavy (non-hydrogen) atoms. The van der Waals surface area contributed by atoms with Crippen LogP contribution < -0.4 is 9.62 Å². The second-order valence-electron chi connectivity index (χ2n) is 5.86. The Morgan fingerprint density at radius 3 is 2.75 bits per heavy atom. The molecule has 7 heteroatoms. The number of fused-ring (bicyclic) bond motifs is 1. The van der Waals surface area contributed by atoms with Crippen LogP contribution in [0.3, 0.4) is 0 Å². The number of pyridine rings is 1. The maximum Gasteiger partial charge on any atom is 0.261 e. The fourth-order valence-corrected chi connectivity index (χ4v) is 3.99. The molecule has 1 N–H and O–H groups in total. The summed E-state index contributed by atoms with van der Waals surface area (Å²) in [6.45, 7) is 3.99. The average Bonchev–Trinajstić information content (AvgIpc) is 2.53. The summed E-state index contributed by atoms with van der Waals surface area (Å²) >= 11 is 0. The molecule has 1 amide bonds. The molecule has 1 aromatic heterocycles. The molecule has 0 bridgehead atoms. The first-order valence-corrected chi connectivity index (χ1v) is 9.22. The van der Waals surface area contributed by atoms with E-state index in [0.29, 0.717) is 12.2 Å². The van der Waals surface area contributed by atoms with Crippen molar-refractivity contribution in [3.8, 4) is 0 Å². The summed E-state index contributed by atoms with van der Waals surface area (Å²) in [6.07, 6.45) is 3.15. The minimum Gasteiger partial charge on any atom is -0.312 e. The number of sulfonamides is 1. The van der Waals surface area contributed by atoms with Gasteiger partial charge in [-0.05, 0) is 55.7 Å². The Morgan fingerprint density at radius 2 is 2.04 bits per heavy atom. The van der Waals surface area contributed by atoms with Gasteiger partial charge in [0.25, 0.3) is 10.0 Å². The molecule has 0 fully saturated rings. The van der Waals surface area contributed by atoms with Crippen LogP contribution in [0.25, 0.3) is 0 Å². The predicted octanol–water partition coefficient (Wildman–Crippen LogP) is 2.49. The van der Waals surface area contributed by atoms with Gasteiger partial charge in [-0.25, -0.2) is 8.42 Å². The lowest BCUT2D eigenvalue weighted by Gasteiger charge is -2.28. The Bertz CT molecular complexity index is 894. The van der Waals surface area contributed by atoms with Crippen molar-refractivity contribution >= 4 is 27.3 Å². The van der Waals surface area contributed by atoms with E-state index in [1.165, 1.54) is 13.0 Å². The summed E-state index contributed by atoms with van der Waals surface area (Å²) in [4.78, 5) is 17.6. The van der Waals surface area contributed by atoms with Crippen LogP contribution in [0, 0.1) is 6.92 Å². The molecule has 2 aromatic rings. The van der Waals surface area contributed by atoms with Gasteiger partial charge in [0.2, 0.25) is 5.91 Å². The molecule has 1 aliphatic heterocycles. The maximum absolute atomic E-state index is 12.6. The van der Waals surface area contributed by atoms with E-state index in [4.69, 9.17) is 0 Å². The lowest BCUT2D eigenvalue weighted by atomic mass is 10.0. The van der Waals surface area contributed by atoms with E-state index in [1.807, 2.05) is 0 Å². The van der Waals surface area contributed by atoms with Crippen molar-refractivity contribution in [2.75, 3.05) is 16.2 Å². The summed E-state index contributed by atoms with van der Waals surface area (Å²) in [6, 6.07) is 8.19. The summed E-state index contributed by atoms with van der Waals surface area (Å²) in [5, 5.41) is 0. The number of anilines is 2. The molecule has 1 aromatic carbocycles. The quantitative estimate of drug-likeness (QED) is 0.927. The molecule has 0 spiro atoms. The van der Waals surface area contributed by atoms with E-state index in [2.05, 4.69) is 9.71 Å². The number of nitrogens with zero attached hydrogens (tertiary/aromatic N) is 2. The molecule has 0 aliphatic carbocycles. The molecule has 0 unspecified atom stereocenters. The average molecular weight is 345 g/mol. The normalized spacial score (nSPS) is 14.2. The van der Waals surface area contributed by atoms with E-state index in [1.54, 1.807) is 42.3 Å². The minimum absolute atomic E-state index is 0.0306. The third-order valence-electron chi connectivity index (χ3n) is 4.01. The summed E-state index contributed by atoms with van der Waals surface area (Å²) in [7, 11) is -3.68. The molecular weight excluding hydrogens is 326 g/mol. The van der Waals surface area contributed by atoms with Crippen LogP contribution in [0.1, 0.15) is 24.6 Å². The first-order chi connectivity index (χ1) is 11.4. The Labute approximate surface area is 141 Å². The van der Waals surface area contributed by atoms with Gasteiger partial charge in [-0.2, -0.15) is 0 Å². The van der Waals surface area contributed by atoms with Crippen LogP contribution in [0.15, 0.2) is 41.4 Å². The van der Waals surface area contributed by atoms with E-state index >= 15 is 0 Å². The van der Waals surface area contributed by atoms with Crippen LogP contribution in [0.2, 0.25) is 0 Å². The number of carbonyl (C=O) groups excluding carboxylic acids is 1. The second-order valence-corrected chi connectivity index (χ2v) is 7.54. The third kappa shape index (κ3) is 3.26. The van der Waals surface area contributed by atoms with Crippen molar-refractivity contribution < 1.29 is 13.2 Å². The Morgan fingerprint density at radius 1 is 1.25 bits per heavy atom. The zero-order chi connectivity index (χ0) is 17.3. The lowest BCUT2D eigenvalue weighted by molar-refractivity contribution is -0.116. The number of hydrogen-bond donors (Lipinski definition) is 1. The van der Waals surface area contributed by atoms with Gasteiger partial charge in [-0.15, -0.1) is 0 Å². The molecule has 1 aliphatic rings. The number of nitrogens with one attached hydrogen (secondary N) is 1. The highest BCUT2D eigenvalue weighted by molar-refractivity contribution is 7.92. The van der Waals surface area contributed by atoms with Crippen LogP contribution in [-0.2, 0) is 21.2 Å². The van der Waals surface area contributed by atoms with Crippen LogP contribution in [-0.4, -0.2) is 25.9 Å². The fraction of sp³-hybridized carbons (Fsp3) is 0.294. The number of aryl methyl sites for hydroxylation is 2. The van der Waals surface area contributed by atoms with Gasteiger partial charge < -0.3 is 4.90 Å². The van der Waals surface area contributed by atoms with Crippen molar-refractivity contribution in [2.45, 2.75) is 31.6 Å². The Hall–Kier alpha value is -2.41. The van der Waals surface area contributed by atoms with Crippen LogP contribution in [0.5, 0.6) is 0 Å². The topological polar surface area (TPSA) is 79.4 Å². The van der Waals surface area contributed by atoms with Gasteiger partial charge in [0.05, 0.1) is 10.6 Å². The number of rotatable bonds is 3. The molecule has 2 heterocycles. The number of benzene rings is 1. The van der Waals surface area contributed by atoms with Crippen molar-refractivity contribution in [2.24, 2.45) is 0 Å². The number of hydrogen-bond acceptors (Lipinski definition) is 4. The van der Waals surface area contributed by atoms with Gasteiger partial charge in [0.1, 0.15) is 0 Å². The SMILES string of the molecule is CC(=O)N1CCCc2cc(S(=O)(=O)Nc3ccnc(C)c3)ccc21. The highest BCUT2D eigenvalue weighted by atomic mass is 32.2. The van der Waals surface area contributed by atoms with Crippen molar-refractivity contribution in [1.29, 1.82) is 0 Å². The van der Waals surface area contributed by atoms with Crippen LogP contribution in [0.4, 0.5) is 11.4 Å². The summed E-state index contributed by atoms with van der Waals surface area (Å²) in [5.41, 5.74) is 2.89. The van der Waals surface area contributed by atoms with Crippen molar-refractivity contribution in [3.05, 3.63) is 47.8 Å². The highest BCUT2D eigenvalue weighted by Crippen LogP contribution is 2.30. The molecule has 0 saturated carbocycles. The monoisotopic (exact) mass is 345 g/mol. The first kappa shape index (κ1) is 16.4. The number of aromatic nitrogens is 1. The third-order valence-corrected chi connectivity index (χ3v) is 5.39. The molecule has 0 atom stereocenters. The van der Waals surface area contributed by atoms with Crippen molar-refractivity contribution in [1.82, 2.24) is 4.98 Å². The lowest BCUT2D eigenvalue weighted by Crippen LogP contribution is -2.33. The zero-order valence-electron chi connectivity index (χ0n) is 13.6. The molecule has 126 valence electrons. The molecule has 3 rings (SSSR count). The van der Waals surface area contributed by atoms with E-state index in [-0.39, 0.29) is 10.8 Å². The molecular formula is C17H19N3O3S. The Kier molecular flexibility index (Phi) is 4.28. The highest BCUT2D eigenvalue weighted by Gasteiger charge is 2.23. The van der Waals surface area contributed by atoms with E-state index in [0.717, 1.165) is 29.8 Å². The smallest absolute Gasteiger partial charge is 0.261 e. The zero-order valence-corrected chi connectivity index (χ0v) is 14.4. The molecule has 0 saturated heterocycles. The van der Waals surface area contributed by atoms with E-state index < -0.39 is 10.0 Å². The first-order valence-electron chi connectivity index (χ1n) is 7.73. The predicted molar refractivity (Wildman–Crippen MR) is 92.6 cm³/mol. The molecule has 6 nitrogen and oxygen atoms in total. The van der Waals surface area contributed by atoms with Gasteiger partial charge in [-0.3, -0.25) is 14.5 Å². The number of carbonyl (C=O) groups is 1. The second kappa shape index (κ2) is 6.24. The maximum atomic E-state index is 12.6.